The van der Waals surface area contributed by atoms with Crippen molar-refractivity contribution in [2.45, 2.75) is 173 Å². The molecule has 0 bridgehead atoms. The van der Waals surface area contributed by atoms with Crippen molar-refractivity contribution in [2.75, 3.05) is 122 Å². The van der Waals surface area contributed by atoms with Crippen LogP contribution in [-0.2, 0) is 75.3 Å². The fourth-order valence-corrected chi connectivity index (χ4v) is 18.5. The summed E-state index contributed by atoms with van der Waals surface area (Å²) < 4.78 is 165. The van der Waals surface area contributed by atoms with E-state index in [0.29, 0.717) is 113 Å². The second-order valence-electron chi connectivity index (χ2n) is 30.6. The van der Waals surface area contributed by atoms with Gasteiger partial charge in [-0.3, -0.25) is 22.8 Å². The summed E-state index contributed by atoms with van der Waals surface area (Å²) in [5.41, 5.74) is 1.81. The Balaban J connectivity index is 0.000000222. The number of sulfonamides is 1. The van der Waals surface area contributed by atoms with Gasteiger partial charge < -0.3 is 60.5 Å². The molecule has 2 aliphatic heterocycles. The Kier molecular flexibility index (Phi) is 34.6. The van der Waals surface area contributed by atoms with Gasteiger partial charge in [-0.25, -0.2) is 51.7 Å². The Morgan fingerprint density at radius 1 is 0.588 bits per heavy atom. The number of piperidine rings is 1. The van der Waals surface area contributed by atoms with Crippen LogP contribution in [0, 0.1) is 24.7 Å². The molecule has 3 amide bonds. The van der Waals surface area contributed by atoms with Crippen molar-refractivity contribution in [1.82, 2.24) is 58.8 Å². The van der Waals surface area contributed by atoms with E-state index in [0.717, 1.165) is 103 Å². The molecule has 7 N–H and O–H groups in total. The molecule has 3 aliphatic carbocycles. The SMILES string of the molecule is C.C=S(C)(=O)N(C)[C@@H]1CCCC[C@H]1Cc1nc(Nc2ccc(NC(C)=O)cc2OC)ncc1C(F)(F)F.C=S(C)(=O)N[C@@H]1CCC[C@H]1Cc1nc(Nc2cc(C)c(C(=O)NC3CCOCC3)cc2OC)ncc1C(F)(F)F.COCCN1CCC(NC(=O)c2cc(OC)c(Nc3ncc(Cl)c(C[C@@H]4CCC[C@H]4N(C)S(C)(=O)=O)n3)cc2Cl)CC1. The van der Waals surface area contributed by atoms with E-state index in [1.807, 2.05) is 0 Å². The molecular formula is C80H112Cl2F6N16O12S3. The van der Waals surface area contributed by atoms with Crippen molar-refractivity contribution in [3.8, 4) is 17.2 Å². The van der Waals surface area contributed by atoms with Crippen molar-refractivity contribution >= 4 is 123 Å². The molecule has 8 atom stereocenters. The molecule has 5 heterocycles. The normalized spacial score (nSPS) is 20.4. The van der Waals surface area contributed by atoms with Gasteiger partial charge in [0.25, 0.3) is 11.8 Å². The van der Waals surface area contributed by atoms with Crippen LogP contribution in [0.1, 0.15) is 159 Å². The van der Waals surface area contributed by atoms with E-state index in [2.05, 4.69) is 83.2 Å². The third-order valence-corrected chi connectivity index (χ3v) is 26.1. The molecule has 0 spiro atoms. The Morgan fingerprint density at radius 3 is 1.61 bits per heavy atom. The average Bonchev–Trinajstić information content (AvgIpc) is 1.34. The summed E-state index contributed by atoms with van der Waals surface area (Å²) in [7, 11) is 1.09. The van der Waals surface area contributed by atoms with Crippen LogP contribution in [-0.4, -0.2) is 221 Å². The summed E-state index contributed by atoms with van der Waals surface area (Å²) in [4.78, 5) is 65.0. The second kappa shape index (κ2) is 42.7. The Hall–Kier alpha value is -7.98. The lowest BCUT2D eigenvalue weighted by atomic mass is 9.81. The second-order valence-corrected chi connectivity index (χ2v) is 38.2. The lowest BCUT2D eigenvalue weighted by molar-refractivity contribution is -0.139. The van der Waals surface area contributed by atoms with Crippen LogP contribution in [0.3, 0.4) is 0 Å². The Morgan fingerprint density at radius 2 is 1.06 bits per heavy atom. The minimum absolute atomic E-state index is 0. The van der Waals surface area contributed by atoms with Crippen molar-refractivity contribution < 1.29 is 81.2 Å². The lowest BCUT2D eigenvalue weighted by Gasteiger charge is -2.38. The molecule has 3 aromatic carbocycles. The highest BCUT2D eigenvalue weighted by atomic mass is 35.5. The number of nitrogens with zero attached hydrogens (tertiary/aromatic N) is 9. The number of hydrogen-bond acceptors (Lipinski definition) is 22. The van der Waals surface area contributed by atoms with Crippen LogP contribution in [0.25, 0.3) is 0 Å². The van der Waals surface area contributed by atoms with Gasteiger partial charge in [0.1, 0.15) is 17.2 Å². The maximum Gasteiger partial charge on any atom is 0.419 e. The maximum absolute atomic E-state index is 13.9. The van der Waals surface area contributed by atoms with Crippen molar-refractivity contribution in [1.29, 1.82) is 0 Å². The number of halogens is 8. The summed E-state index contributed by atoms with van der Waals surface area (Å²) in [5.74, 6) is 7.69. The van der Waals surface area contributed by atoms with Crippen LogP contribution in [0.5, 0.6) is 17.2 Å². The number of rotatable bonds is 29. The van der Waals surface area contributed by atoms with E-state index >= 15 is 0 Å². The first kappa shape index (κ1) is 96.5. The van der Waals surface area contributed by atoms with Crippen LogP contribution in [0.4, 0.5) is 66.9 Å². The van der Waals surface area contributed by atoms with Gasteiger partial charge >= 0.3 is 12.4 Å². The summed E-state index contributed by atoms with van der Waals surface area (Å²) in [6.07, 6.45) is 9.92. The number of aryl methyl sites for hydroxylation is 1. The molecule has 3 saturated carbocycles. The number of amides is 3. The predicted molar refractivity (Wildman–Crippen MR) is 456 cm³/mol. The number of nitrogens with one attached hydrogen (secondary N) is 7. The van der Waals surface area contributed by atoms with Crippen LogP contribution < -0.4 is 50.8 Å². The molecule has 0 radical (unpaired) electrons. The molecule has 5 fully saturated rings. The molecule has 2 unspecified atom stereocenters. The van der Waals surface area contributed by atoms with Gasteiger partial charge in [-0.15, -0.1) is 0 Å². The summed E-state index contributed by atoms with van der Waals surface area (Å²) >= 11 is 13.0. The molecule has 39 heteroatoms. The first-order valence-corrected chi connectivity index (χ1v) is 45.6. The third kappa shape index (κ3) is 27.5. The zero-order valence-electron chi connectivity index (χ0n) is 68.2. The van der Waals surface area contributed by atoms with E-state index in [9.17, 15) is 57.6 Å². The fraction of sp³-hybridized carbons (Fsp3) is 0.562. The van der Waals surface area contributed by atoms with Crippen molar-refractivity contribution in [3.05, 3.63) is 116 Å². The number of hydrogen-bond donors (Lipinski definition) is 7. The number of ether oxygens (including phenoxy) is 5. The zero-order chi connectivity index (χ0) is 86.2. The number of aromatic nitrogens is 6. The molecule has 3 aromatic heterocycles. The summed E-state index contributed by atoms with van der Waals surface area (Å²) in [6, 6.07) is 10.9. The lowest BCUT2D eigenvalue weighted by Crippen LogP contribution is -2.45. The molecule has 11 rings (SSSR count). The number of anilines is 7. The first-order valence-electron chi connectivity index (χ1n) is 38.8. The molecule has 5 aliphatic rings. The number of alkyl halides is 6. The highest BCUT2D eigenvalue weighted by molar-refractivity contribution is 7.98. The third-order valence-electron chi connectivity index (χ3n) is 21.8. The van der Waals surface area contributed by atoms with E-state index in [4.69, 9.17) is 46.9 Å². The highest BCUT2D eigenvalue weighted by Gasteiger charge is 2.41. The molecule has 658 valence electrons. The Labute approximate surface area is 704 Å². The number of benzene rings is 3. The minimum atomic E-state index is -4.63. The van der Waals surface area contributed by atoms with Crippen molar-refractivity contribution in [2.24, 2.45) is 17.8 Å². The molecule has 2 saturated heterocycles. The number of carbonyl (C=O) groups excluding carboxylic acids is 3. The van der Waals surface area contributed by atoms with Crippen LogP contribution in [0.2, 0.25) is 10.0 Å². The fourth-order valence-electron chi connectivity index (χ4n) is 15.5. The quantitative estimate of drug-likeness (QED) is 0.0169. The number of likely N-dealkylation sites (tertiary alicyclic amines) is 1. The van der Waals surface area contributed by atoms with Crippen molar-refractivity contribution in [3.63, 3.8) is 0 Å². The zero-order valence-corrected chi connectivity index (χ0v) is 72.2. The van der Waals surface area contributed by atoms with Gasteiger partial charge in [-0.05, 0) is 169 Å². The van der Waals surface area contributed by atoms with E-state index in [1.54, 1.807) is 74.9 Å². The number of methoxy groups -OCH3 is 4. The Bertz CT molecular complexity index is 4840. The van der Waals surface area contributed by atoms with E-state index < -0.39 is 52.9 Å². The summed E-state index contributed by atoms with van der Waals surface area (Å²) in [6.45, 7) is 7.70. The van der Waals surface area contributed by atoms with Gasteiger partial charge in [0.15, 0.2) is 0 Å². The van der Waals surface area contributed by atoms with Crippen LogP contribution in [0.15, 0.2) is 61.1 Å². The van der Waals surface area contributed by atoms with Crippen LogP contribution >= 0.6 is 23.2 Å². The minimum Gasteiger partial charge on any atom is -0.495 e. The first-order chi connectivity index (χ1) is 55.6. The molecule has 119 heavy (non-hydrogen) atoms. The largest absolute Gasteiger partial charge is 0.495 e. The number of carbonyl (C=O) groups is 3. The van der Waals surface area contributed by atoms with Gasteiger partial charge in [0.05, 0.1) is 101 Å². The molecular weight excluding hydrogens is 1660 g/mol. The van der Waals surface area contributed by atoms with Gasteiger partial charge in [0, 0.05) is 146 Å². The molecule has 28 nitrogen and oxygen atoms in total. The van der Waals surface area contributed by atoms with Gasteiger partial charge in [0.2, 0.25) is 33.8 Å². The topological polar surface area (TPSA) is 337 Å². The van der Waals surface area contributed by atoms with E-state index in [1.165, 1.54) is 57.5 Å². The monoisotopic (exact) mass is 1770 g/mol. The molecule has 6 aromatic rings. The highest BCUT2D eigenvalue weighted by Crippen LogP contribution is 2.42. The smallest absolute Gasteiger partial charge is 0.419 e. The van der Waals surface area contributed by atoms with Gasteiger partial charge in [-0.1, -0.05) is 56.3 Å². The standard InChI is InChI=1S/C28H40Cl2N6O5S.C27H36F3N5O4S.C24H32F3N5O3S.CH4/c1-35(42(4,38)39)25-7-5-6-18(25)14-23-22(30)17-31-28(33-23)34-24-16-21(29)20(15-26(24)41-3)27(37)32-19-8-10-36(11-9-19)12-13-40-2;1-16-12-23(24(38-2)14-19(16)25(36)32-18-8-10-39-11-9-18)34-26-31-15-20(27(28,29)30)22(33-26)13-17-6-5-7-21(17)35-40(3,4)37;1-15(33)29-17-10-11-19(22(13-17)35-3)30-23-28-14-18(24(25,26)27)20(31-23)12-16-8-6-7-9-21(16)32(2)36(4,5)34;/h15-19,25H,5-14H2,1-4H3,(H,32,37)(H,31,33,34);12,14-15,17-18,21H,3,5-11,13H2,1-2,4H3,(H,32,36)(H,35,37)(H,31,33,34);10-11,13-14,16,21H,4,6-9,12H2,1-3,5H3,(H,29,33)(H,28,30,31);1H4/t18-,25+;17-,21+,40?;16-,21+,36?;/m000./s1. The maximum atomic E-state index is 13.9. The van der Waals surface area contributed by atoms with Gasteiger partial charge in [-0.2, -0.15) is 26.3 Å². The summed E-state index contributed by atoms with van der Waals surface area (Å²) in [5, 5.41) is 18.5. The average molecular weight is 1770 g/mol. The van der Waals surface area contributed by atoms with E-state index in [-0.39, 0.29) is 120 Å². The predicted octanol–water partition coefficient (Wildman–Crippen LogP) is 13.1.